The molecule has 6 heterocycles. The fraction of sp³-hybridized carbons (Fsp3) is 0.290. The first-order valence-corrected chi connectivity index (χ1v) is 42.2. The Morgan fingerprint density at radius 3 is 1.09 bits per heavy atom. The van der Waals surface area contributed by atoms with Crippen LogP contribution in [0.25, 0.3) is 21.8 Å². The first-order chi connectivity index (χ1) is 54.8. The van der Waals surface area contributed by atoms with Gasteiger partial charge in [-0.1, -0.05) is 169 Å². The normalized spacial score (nSPS) is 15.2. The molecule has 0 saturated carbocycles. The van der Waals surface area contributed by atoms with E-state index in [0.29, 0.717) is 35.1 Å². The predicted octanol–water partition coefficient (Wildman–Crippen LogP) is 21.1. The van der Waals surface area contributed by atoms with Crippen molar-refractivity contribution in [1.29, 1.82) is 0 Å². The molecule has 12 aromatic rings. The summed E-state index contributed by atoms with van der Waals surface area (Å²) < 4.78 is 26.3. The SMILES string of the molecule is CN1CCC(Cl)CC1.CN1CCC(N(c2ccccc2)c2ccccc2)CC1.CS(=O)(=O)OCCNc1ccnc2cc(Cl)ccc12.Clc1ccc2c(NCCN3CCC(N(c4ccccc4)c4ccccc4)CC3)ccnc2c1.c1ccc(N(c2ccccc2)C2CCNCC2)cc1.c1ccc(Nc2ccccc2)cc1. The molecule has 16 rings (SSSR count). The van der Waals surface area contributed by atoms with E-state index in [9.17, 15) is 8.42 Å². The van der Waals surface area contributed by atoms with Crippen molar-refractivity contribution in [2.75, 3.05) is 130 Å². The summed E-state index contributed by atoms with van der Waals surface area (Å²) in [5, 5.41) is 17.3. The highest BCUT2D eigenvalue weighted by atomic mass is 35.5. The minimum Gasteiger partial charge on any atom is -0.383 e. The smallest absolute Gasteiger partial charge is 0.264 e. The highest BCUT2D eigenvalue weighted by molar-refractivity contribution is 7.86. The summed E-state index contributed by atoms with van der Waals surface area (Å²) in [6.45, 7) is 11.6. The van der Waals surface area contributed by atoms with Crippen LogP contribution in [0.15, 0.2) is 304 Å². The van der Waals surface area contributed by atoms with E-state index in [0.717, 1.165) is 121 Å². The van der Waals surface area contributed by atoms with Crippen LogP contribution in [0.3, 0.4) is 0 Å². The lowest BCUT2D eigenvalue weighted by Crippen LogP contribution is -2.44. The van der Waals surface area contributed by atoms with Crippen LogP contribution in [0.1, 0.15) is 51.4 Å². The molecule has 4 aliphatic rings. The maximum Gasteiger partial charge on any atom is 0.264 e. The van der Waals surface area contributed by atoms with Crippen molar-refractivity contribution in [3.05, 3.63) is 314 Å². The van der Waals surface area contributed by atoms with Crippen LogP contribution in [0.2, 0.25) is 10.0 Å². The number of pyridine rings is 2. The molecule has 4 N–H and O–H groups in total. The monoisotopic (exact) mass is 1580 g/mol. The zero-order chi connectivity index (χ0) is 78.0. The van der Waals surface area contributed by atoms with Crippen molar-refractivity contribution in [2.24, 2.45) is 0 Å². The number of nitrogens with one attached hydrogen (secondary N) is 4. The molecule has 4 saturated heterocycles. The number of benzene rings is 10. The third kappa shape index (κ3) is 26.8. The van der Waals surface area contributed by atoms with Crippen molar-refractivity contribution in [3.8, 4) is 0 Å². The quantitative estimate of drug-likeness (QED) is 0.0327. The van der Waals surface area contributed by atoms with Crippen molar-refractivity contribution < 1.29 is 12.6 Å². The average molecular weight is 1580 g/mol. The van der Waals surface area contributed by atoms with Gasteiger partial charge in [-0.25, -0.2) is 0 Å². The second-order valence-electron chi connectivity index (χ2n) is 28.5. The highest BCUT2D eigenvalue weighted by Gasteiger charge is 2.28. The first kappa shape index (κ1) is 83.4. The third-order valence-corrected chi connectivity index (χ3v) is 21.7. The van der Waals surface area contributed by atoms with Crippen molar-refractivity contribution >= 4 is 124 Å². The Bertz CT molecular complexity index is 4580. The van der Waals surface area contributed by atoms with Crippen molar-refractivity contribution in [3.63, 3.8) is 0 Å². The molecule has 0 unspecified atom stereocenters. The van der Waals surface area contributed by atoms with E-state index in [-0.39, 0.29) is 6.61 Å². The molecule has 15 nitrogen and oxygen atoms in total. The van der Waals surface area contributed by atoms with Gasteiger partial charge in [-0.3, -0.25) is 14.2 Å². The Kier molecular flexibility index (Phi) is 33.2. The van der Waals surface area contributed by atoms with E-state index < -0.39 is 10.1 Å². The molecule has 584 valence electrons. The summed E-state index contributed by atoms with van der Waals surface area (Å²) in [7, 11) is 0.959. The number of fused-ring (bicyclic) bond motifs is 2. The van der Waals surface area contributed by atoms with E-state index in [1.165, 1.54) is 86.0 Å². The van der Waals surface area contributed by atoms with Crippen LogP contribution in [-0.2, 0) is 14.3 Å². The molecule has 0 radical (unpaired) electrons. The fourth-order valence-electron chi connectivity index (χ4n) is 14.4. The van der Waals surface area contributed by atoms with Crippen LogP contribution < -0.4 is 36.0 Å². The van der Waals surface area contributed by atoms with Gasteiger partial charge in [0, 0.05) is 146 Å². The number of halogens is 3. The molecule has 4 aliphatic heterocycles. The van der Waals surface area contributed by atoms with Gasteiger partial charge < -0.3 is 50.7 Å². The van der Waals surface area contributed by atoms with Crippen molar-refractivity contribution in [1.82, 2.24) is 30.0 Å². The van der Waals surface area contributed by atoms with Gasteiger partial charge in [-0.2, -0.15) is 8.42 Å². The van der Waals surface area contributed by atoms with E-state index in [1.807, 2.05) is 103 Å². The molecule has 0 spiro atoms. The van der Waals surface area contributed by atoms with Crippen LogP contribution in [0, 0.1) is 0 Å². The molecule has 0 atom stereocenters. The second kappa shape index (κ2) is 44.6. The number of anilines is 10. The molecule has 112 heavy (non-hydrogen) atoms. The maximum absolute atomic E-state index is 10.8. The van der Waals surface area contributed by atoms with Gasteiger partial charge in [0.2, 0.25) is 0 Å². The zero-order valence-corrected chi connectivity index (χ0v) is 67.7. The van der Waals surface area contributed by atoms with Crippen LogP contribution in [0.5, 0.6) is 0 Å². The summed E-state index contributed by atoms with van der Waals surface area (Å²) in [4.78, 5) is 23.5. The predicted molar refractivity (Wildman–Crippen MR) is 475 cm³/mol. The molecule has 19 heteroatoms. The van der Waals surface area contributed by atoms with Crippen LogP contribution in [-0.4, -0.2) is 156 Å². The Morgan fingerprint density at radius 2 is 0.741 bits per heavy atom. The molecule has 0 aliphatic carbocycles. The van der Waals surface area contributed by atoms with Gasteiger partial charge >= 0.3 is 0 Å². The molecule has 2 aromatic heterocycles. The van der Waals surface area contributed by atoms with Gasteiger partial charge in [0.1, 0.15) is 0 Å². The molecule has 10 aromatic carbocycles. The van der Waals surface area contributed by atoms with E-state index >= 15 is 0 Å². The molecule has 4 fully saturated rings. The number of aromatic nitrogens is 2. The summed E-state index contributed by atoms with van der Waals surface area (Å²) in [6, 6.07) is 102. The molecular formula is C93H107Cl3N12O3S. The molecule has 0 bridgehead atoms. The Balaban J connectivity index is 0.000000139. The number of nitrogens with zero attached hydrogens (tertiary/aromatic N) is 8. The first-order valence-electron chi connectivity index (χ1n) is 39.2. The number of piperidine rings is 4. The van der Waals surface area contributed by atoms with Crippen LogP contribution >= 0.6 is 34.8 Å². The minimum atomic E-state index is -3.40. The van der Waals surface area contributed by atoms with E-state index in [2.05, 4.69) is 261 Å². The summed E-state index contributed by atoms with van der Waals surface area (Å²) in [6.07, 6.45) is 14.0. The fourth-order valence-corrected chi connectivity index (χ4v) is 15.3. The standard InChI is InChI=1S/C28H29ClN4.C18H22N2.C17H20N2.C12H13ClN2O3S.C12H11N.C6H12ClN/c29-22-11-12-26-27(13-16-30-28(26)21-22)31-17-20-32-18-14-25(15-19-32)33(23-7-3-1-4-8-23)24-9-5-2-6-10-24;1-19-14-12-18(13-15-19)20(16-8-4-2-5-9-16)17-10-6-3-7-11-17;1-3-7-15(8-4-1)19(16-9-5-2-6-10-16)17-11-13-18-14-12-17;1-19(16,17)18-7-6-15-11-4-5-14-12-8-9(13)2-3-10(11)12;1-3-7-11(8-4-1)13-12-9-5-2-6-10-12;1-8-4-2-6(7)3-5-8/h1-13,16,21,25H,14-15,17-20H2,(H,30,31);2-11,18H,12-15H2,1H3;1-10,17-18H,11-14H2;2-5,8H,6-7H2,1H3,(H,14,15);1-10,13H;6H,2-5H2,1H3. The number of hydrogen-bond acceptors (Lipinski definition) is 15. The number of alkyl halides is 1. The third-order valence-electron chi connectivity index (χ3n) is 20.2. The summed E-state index contributed by atoms with van der Waals surface area (Å²) in [5.41, 5.74) is 13.6. The van der Waals surface area contributed by atoms with Crippen molar-refractivity contribution in [2.45, 2.75) is 74.9 Å². The average Bonchev–Trinajstić information content (AvgIpc) is 0.811. The lowest BCUT2D eigenvalue weighted by atomic mass is 10.0. The van der Waals surface area contributed by atoms with Crippen LogP contribution in [0.4, 0.5) is 56.9 Å². The summed E-state index contributed by atoms with van der Waals surface area (Å²) >= 11 is 17.9. The second-order valence-corrected chi connectivity index (χ2v) is 31.6. The number of likely N-dealkylation sites (tertiary alicyclic amines) is 3. The molecule has 0 amide bonds. The number of hydrogen-bond donors (Lipinski definition) is 4. The topological polar surface area (TPSA) is 137 Å². The van der Waals surface area contributed by atoms with Gasteiger partial charge in [-0.05, 0) is 250 Å². The largest absolute Gasteiger partial charge is 0.383 e. The molecular weight excluding hydrogens is 1470 g/mol. The Labute approximate surface area is 679 Å². The zero-order valence-electron chi connectivity index (χ0n) is 64.7. The van der Waals surface area contributed by atoms with E-state index in [4.69, 9.17) is 34.8 Å². The van der Waals surface area contributed by atoms with E-state index in [1.54, 1.807) is 18.3 Å². The van der Waals surface area contributed by atoms with Gasteiger partial charge in [0.05, 0.1) is 23.9 Å². The number of para-hydroxylation sites is 8. The summed E-state index contributed by atoms with van der Waals surface area (Å²) in [5.74, 6) is 0. The van der Waals surface area contributed by atoms with Gasteiger partial charge in [-0.15, -0.1) is 11.6 Å². The Morgan fingerprint density at radius 1 is 0.420 bits per heavy atom. The van der Waals surface area contributed by atoms with Gasteiger partial charge in [0.15, 0.2) is 0 Å². The lowest BCUT2D eigenvalue weighted by Gasteiger charge is -2.40. The van der Waals surface area contributed by atoms with Gasteiger partial charge in [0.25, 0.3) is 10.1 Å². The lowest BCUT2D eigenvalue weighted by molar-refractivity contribution is 0.220. The maximum atomic E-state index is 10.8. The number of rotatable bonds is 20. The highest BCUT2D eigenvalue weighted by Crippen LogP contribution is 2.36. The minimum absolute atomic E-state index is 0.0796. The Hall–Kier alpha value is -9.56.